The van der Waals surface area contributed by atoms with Gasteiger partial charge in [-0.2, -0.15) is 0 Å². The van der Waals surface area contributed by atoms with Gasteiger partial charge in [0.25, 0.3) is 0 Å². The summed E-state index contributed by atoms with van der Waals surface area (Å²) in [5, 5.41) is 2.62. The Hall–Kier alpha value is -4.16. The topological polar surface area (TPSA) is 0 Å². The van der Waals surface area contributed by atoms with Crippen LogP contribution in [0, 0.1) is 0 Å². The van der Waals surface area contributed by atoms with Crippen LogP contribution < -0.4 is 0 Å². The lowest BCUT2D eigenvalue weighted by molar-refractivity contribution is 0.979. The van der Waals surface area contributed by atoms with E-state index in [0.717, 1.165) is 0 Å². The molecule has 0 aliphatic heterocycles. The third kappa shape index (κ3) is 2.71. The molecule has 0 saturated heterocycles. The van der Waals surface area contributed by atoms with Gasteiger partial charge in [-0.05, 0) is 60.9 Å². The highest BCUT2D eigenvalue weighted by molar-refractivity contribution is 6.04. The highest BCUT2D eigenvalue weighted by atomic mass is 14.3. The lowest BCUT2D eigenvalue weighted by Gasteiger charge is -2.28. The highest BCUT2D eigenvalue weighted by Crippen LogP contribution is 2.51. The van der Waals surface area contributed by atoms with Crippen molar-refractivity contribution in [1.82, 2.24) is 0 Å². The fourth-order valence-corrected chi connectivity index (χ4v) is 5.76. The molecule has 5 aromatic carbocycles. The molecule has 33 heavy (non-hydrogen) atoms. The first-order valence-electron chi connectivity index (χ1n) is 11.6. The first-order chi connectivity index (χ1) is 16.4. The molecule has 0 aromatic heterocycles. The molecule has 0 heteroatoms. The van der Waals surface area contributed by atoms with E-state index in [1.54, 1.807) is 0 Å². The van der Waals surface area contributed by atoms with Gasteiger partial charge in [-0.25, -0.2) is 0 Å². The predicted molar refractivity (Wildman–Crippen MR) is 139 cm³/mol. The number of fused-ring (bicyclic) bond motifs is 5. The van der Waals surface area contributed by atoms with Gasteiger partial charge in [-0.3, -0.25) is 0 Å². The van der Waals surface area contributed by atoms with Crippen molar-refractivity contribution in [2.75, 3.05) is 0 Å². The first-order valence-corrected chi connectivity index (χ1v) is 11.6. The van der Waals surface area contributed by atoms with E-state index in [2.05, 4.69) is 127 Å². The van der Waals surface area contributed by atoms with Gasteiger partial charge in [0.2, 0.25) is 0 Å². The van der Waals surface area contributed by atoms with Gasteiger partial charge in [0.05, 0.1) is 0 Å². The Bertz CT molecular complexity index is 1560. The smallest absolute Gasteiger partial charge is 0.0358 e. The Morgan fingerprint density at radius 2 is 1.00 bits per heavy atom. The number of allylic oxidation sites excluding steroid dienone is 2. The molecular formula is C33H22. The quantitative estimate of drug-likeness (QED) is 0.251. The Labute approximate surface area is 194 Å². The molecule has 0 amide bonds. The zero-order chi connectivity index (χ0) is 21.8. The van der Waals surface area contributed by atoms with Crippen LogP contribution in [0.25, 0.3) is 33.5 Å². The van der Waals surface area contributed by atoms with Crippen molar-refractivity contribution in [1.29, 1.82) is 0 Å². The summed E-state index contributed by atoms with van der Waals surface area (Å²) in [5.74, 6) is 0.173. The van der Waals surface area contributed by atoms with Crippen LogP contribution in [0.5, 0.6) is 0 Å². The van der Waals surface area contributed by atoms with Gasteiger partial charge in [0, 0.05) is 5.92 Å². The Morgan fingerprint density at radius 1 is 0.424 bits per heavy atom. The summed E-state index contributed by atoms with van der Waals surface area (Å²) >= 11 is 0. The molecule has 0 bridgehead atoms. The van der Waals surface area contributed by atoms with Crippen molar-refractivity contribution in [2.45, 2.75) is 5.92 Å². The van der Waals surface area contributed by atoms with E-state index in [-0.39, 0.29) is 5.92 Å². The average molecular weight is 419 g/mol. The van der Waals surface area contributed by atoms with Crippen LogP contribution in [-0.2, 0) is 0 Å². The Morgan fingerprint density at radius 3 is 1.79 bits per heavy atom. The molecule has 0 fully saturated rings. The van der Waals surface area contributed by atoms with E-state index < -0.39 is 0 Å². The molecule has 7 rings (SSSR count). The molecule has 2 aliphatic rings. The fourth-order valence-electron chi connectivity index (χ4n) is 5.76. The molecule has 0 nitrogen and oxygen atoms in total. The van der Waals surface area contributed by atoms with Crippen LogP contribution in [0.3, 0.4) is 0 Å². The van der Waals surface area contributed by atoms with E-state index in [0.29, 0.717) is 0 Å². The number of hydrogen-bond donors (Lipinski definition) is 0. The van der Waals surface area contributed by atoms with Crippen LogP contribution >= 0.6 is 0 Å². The van der Waals surface area contributed by atoms with Gasteiger partial charge in [0.15, 0.2) is 0 Å². The minimum Gasteiger partial charge on any atom is -0.0619 e. The normalized spacial score (nSPS) is 15.9. The minimum absolute atomic E-state index is 0.173. The van der Waals surface area contributed by atoms with Crippen molar-refractivity contribution in [3.05, 3.63) is 155 Å². The summed E-state index contributed by atoms with van der Waals surface area (Å²) in [7, 11) is 0. The number of rotatable bonds is 1. The molecule has 0 heterocycles. The second-order valence-electron chi connectivity index (χ2n) is 8.89. The van der Waals surface area contributed by atoms with Gasteiger partial charge in [-0.1, -0.05) is 127 Å². The van der Waals surface area contributed by atoms with Crippen molar-refractivity contribution >= 4 is 22.4 Å². The SMILES string of the molecule is C1=Cc2ccccc2C(c2cccc3ccccc23)C1=C1c2ccccc2-c2ccccc21. The molecule has 0 radical (unpaired) electrons. The zero-order valence-corrected chi connectivity index (χ0v) is 18.2. The van der Waals surface area contributed by atoms with E-state index in [4.69, 9.17) is 0 Å². The van der Waals surface area contributed by atoms with Crippen LogP contribution in [0.1, 0.15) is 33.7 Å². The second kappa shape index (κ2) is 7.18. The number of benzene rings is 5. The van der Waals surface area contributed by atoms with E-state index >= 15 is 0 Å². The lowest BCUT2D eigenvalue weighted by Crippen LogP contribution is -2.11. The molecule has 5 aromatic rings. The molecule has 1 atom stereocenters. The number of hydrogen-bond acceptors (Lipinski definition) is 0. The Balaban J connectivity index is 1.60. The standard InChI is InChI=1S/C33H22/c1-3-13-24-22(10-1)12-9-19-28(24)32-25-14-4-2-11-23(25)20-21-31(32)33-29-17-7-5-15-26(29)27-16-6-8-18-30(27)33/h1-21,32H. The summed E-state index contributed by atoms with van der Waals surface area (Å²) in [5.41, 5.74) is 12.1. The van der Waals surface area contributed by atoms with Crippen molar-refractivity contribution in [3.63, 3.8) is 0 Å². The van der Waals surface area contributed by atoms with Gasteiger partial charge in [-0.15, -0.1) is 0 Å². The largest absolute Gasteiger partial charge is 0.0619 e. The highest BCUT2D eigenvalue weighted by Gasteiger charge is 2.31. The third-order valence-corrected chi connectivity index (χ3v) is 7.17. The Kier molecular flexibility index (Phi) is 4.01. The average Bonchev–Trinajstić information content (AvgIpc) is 3.22. The first kappa shape index (κ1) is 18.4. The van der Waals surface area contributed by atoms with Crippen molar-refractivity contribution < 1.29 is 0 Å². The van der Waals surface area contributed by atoms with E-state index in [9.17, 15) is 0 Å². The summed E-state index contributed by atoms with van der Waals surface area (Å²) < 4.78 is 0. The maximum Gasteiger partial charge on any atom is 0.0358 e. The van der Waals surface area contributed by atoms with Crippen LogP contribution in [0.15, 0.2) is 127 Å². The summed E-state index contributed by atoms with van der Waals surface area (Å²) in [6, 6.07) is 42.1. The molecule has 1 unspecified atom stereocenters. The predicted octanol–water partition coefficient (Wildman–Crippen LogP) is 8.48. The van der Waals surface area contributed by atoms with Crippen molar-refractivity contribution in [3.8, 4) is 11.1 Å². The summed E-state index contributed by atoms with van der Waals surface area (Å²) in [6.45, 7) is 0. The maximum absolute atomic E-state index is 2.36. The second-order valence-corrected chi connectivity index (χ2v) is 8.89. The molecular weight excluding hydrogens is 396 g/mol. The fraction of sp³-hybridized carbons (Fsp3) is 0.0303. The van der Waals surface area contributed by atoms with Gasteiger partial charge >= 0.3 is 0 Å². The monoisotopic (exact) mass is 418 g/mol. The van der Waals surface area contributed by atoms with Gasteiger partial charge in [0.1, 0.15) is 0 Å². The minimum atomic E-state index is 0.173. The summed E-state index contributed by atoms with van der Waals surface area (Å²) in [6.07, 6.45) is 4.66. The molecule has 154 valence electrons. The zero-order valence-electron chi connectivity index (χ0n) is 18.2. The summed E-state index contributed by atoms with van der Waals surface area (Å²) in [4.78, 5) is 0. The van der Waals surface area contributed by atoms with Crippen molar-refractivity contribution in [2.24, 2.45) is 0 Å². The molecule has 2 aliphatic carbocycles. The lowest BCUT2D eigenvalue weighted by atomic mass is 9.74. The molecule has 0 spiro atoms. The third-order valence-electron chi connectivity index (χ3n) is 7.17. The maximum atomic E-state index is 2.36. The van der Waals surface area contributed by atoms with Crippen LogP contribution in [0.2, 0.25) is 0 Å². The van der Waals surface area contributed by atoms with E-state index in [1.807, 2.05) is 0 Å². The molecule has 0 saturated carbocycles. The van der Waals surface area contributed by atoms with Gasteiger partial charge < -0.3 is 0 Å². The van der Waals surface area contributed by atoms with Crippen LogP contribution in [0.4, 0.5) is 0 Å². The van der Waals surface area contributed by atoms with E-state index in [1.165, 1.54) is 60.9 Å². The van der Waals surface area contributed by atoms with Crippen LogP contribution in [-0.4, -0.2) is 0 Å². The molecule has 0 N–H and O–H groups in total.